The van der Waals surface area contributed by atoms with Gasteiger partial charge in [-0.2, -0.15) is 0 Å². The van der Waals surface area contributed by atoms with Crippen molar-refractivity contribution in [3.8, 4) is 0 Å². The van der Waals surface area contributed by atoms with Crippen LogP contribution in [0.3, 0.4) is 0 Å². The second-order valence-corrected chi connectivity index (χ2v) is 3.57. The van der Waals surface area contributed by atoms with Crippen LogP contribution >= 0.6 is 0 Å². The number of ketones is 1. The van der Waals surface area contributed by atoms with Gasteiger partial charge in [0.15, 0.2) is 5.78 Å². The number of fused-ring (bicyclic) bond motifs is 1. The number of hydrogen-bond donors (Lipinski definition) is 0. The van der Waals surface area contributed by atoms with Gasteiger partial charge >= 0.3 is 0 Å². The molecule has 3 nitrogen and oxygen atoms in total. The number of rotatable bonds is 1. The highest BCUT2D eigenvalue weighted by molar-refractivity contribution is 6.40. The number of Topliss-reactive ketones (excluding diaryl/α,β-unsaturated/α-hetero) is 1. The van der Waals surface area contributed by atoms with E-state index in [9.17, 15) is 4.79 Å². The molecule has 66 valence electrons. The van der Waals surface area contributed by atoms with Crippen molar-refractivity contribution in [1.29, 1.82) is 0 Å². The molecule has 1 heterocycles. The molecule has 1 fully saturated rings. The van der Waals surface area contributed by atoms with E-state index in [0.717, 1.165) is 12.8 Å². The number of carbonyl (C=O) groups is 1. The number of hydrogen-bond acceptors (Lipinski definition) is 3. The fourth-order valence-corrected chi connectivity index (χ4v) is 2.05. The molecule has 0 amide bonds. The first kappa shape index (κ1) is 7.77. The van der Waals surface area contributed by atoms with Gasteiger partial charge in [-0.1, -0.05) is 11.6 Å². The van der Waals surface area contributed by atoms with Crippen LogP contribution in [0.5, 0.6) is 0 Å². The summed E-state index contributed by atoms with van der Waals surface area (Å²) in [5.41, 5.74) is 0.666. The Hall–Kier alpha value is -0.860. The van der Waals surface area contributed by atoms with Gasteiger partial charge in [-0.3, -0.25) is 4.79 Å². The molecule has 2 aliphatic rings. The van der Waals surface area contributed by atoms with E-state index in [1.165, 1.54) is 12.8 Å². The molecule has 2 rings (SSSR count). The first-order valence-corrected chi connectivity index (χ1v) is 4.53. The summed E-state index contributed by atoms with van der Waals surface area (Å²) < 4.78 is 0. The van der Waals surface area contributed by atoms with E-state index in [4.69, 9.17) is 4.84 Å². The molecule has 1 aliphatic heterocycles. The first-order valence-electron chi connectivity index (χ1n) is 4.53. The van der Waals surface area contributed by atoms with Crippen LogP contribution in [0.4, 0.5) is 0 Å². The Bertz CT molecular complexity index is 235. The van der Waals surface area contributed by atoms with E-state index in [1.807, 2.05) is 0 Å². The Labute approximate surface area is 71.8 Å². The molecule has 0 bridgehead atoms. The van der Waals surface area contributed by atoms with Crippen molar-refractivity contribution in [2.45, 2.75) is 38.7 Å². The predicted molar refractivity (Wildman–Crippen MR) is 44.9 cm³/mol. The lowest BCUT2D eigenvalue weighted by molar-refractivity contribution is -0.111. The number of oxime groups is 1. The fraction of sp³-hybridized carbons (Fsp3) is 0.778. The van der Waals surface area contributed by atoms with Crippen molar-refractivity contribution in [3.63, 3.8) is 0 Å². The van der Waals surface area contributed by atoms with Gasteiger partial charge in [0.1, 0.15) is 11.8 Å². The van der Waals surface area contributed by atoms with Crippen molar-refractivity contribution in [1.82, 2.24) is 0 Å². The topological polar surface area (TPSA) is 38.7 Å². The second kappa shape index (κ2) is 2.88. The van der Waals surface area contributed by atoms with Crippen LogP contribution in [-0.4, -0.2) is 17.6 Å². The van der Waals surface area contributed by atoms with E-state index in [0.29, 0.717) is 11.6 Å². The molecule has 0 N–H and O–H groups in total. The summed E-state index contributed by atoms with van der Waals surface area (Å²) in [6.07, 6.45) is 4.75. The van der Waals surface area contributed by atoms with E-state index < -0.39 is 0 Å². The average molecular weight is 167 g/mol. The summed E-state index contributed by atoms with van der Waals surface area (Å²) in [5.74, 6) is 0.376. The predicted octanol–water partition coefficient (Wildman–Crippen LogP) is 1.52. The lowest BCUT2D eigenvalue weighted by atomic mass is 9.83. The van der Waals surface area contributed by atoms with Crippen LogP contribution in [0.25, 0.3) is 0 Å². The normalized spacial score (nSPS) is 33.6. The Balaban J connectivity index is 2.13. The highest BCUT2D eigenvalue weighted by Gasteiger charge is 2.37. The molecule has 2 unspecified atom stereocenters. The molecule has 1 aliphatic carbocycles. The lowest BCUT2D eigenvalue weighted by Crippen LogP contribution is -2.29. The van der Waals surface area contributed by atoms with E-state index in [2.05, 4.69) is 5.16 Å². The third-order valence-corrected chi connectivity index (χ3v) is 2.70. The maximum atomic E-state index is 11.1. The van der Waals surface area contributed by atoms with Crippen molar-refractivity contribution in [3.05, 3.63) is 0 Å². The summed E-state index contributed by atoms with van der Waals surface area (Å²) in [7, 11) is 0. The van der Waals surface area contributed by atoms with E-state index >= 15 is 0 Å². The van der Waals surface area contributed by atoms with Crippen LogP contribution in [0.2, 0.25) is 0 Å². The maximum Gasteiger partial charge on any atom is 0.177 e. The highest BCUT2D eigenvalue weighted by atomic mass is 16.6. The third kappa shape index (κ3) is 1.13. The minimum atomic E-state index is 0.0735. The molecular formula is C9H13NO2. The summed E-state index contributed by atoms with van der Waals surface area (Å²) >= 11 is 0. The van der Waals surface area contributed by atoms with Crippen LogP contribution in [0.15, 0.2) is 5.16 Å². The molecule has 3 heteroatoms. The zero-order valence-electron chi connectivity index (χ0n) is 7.25. The molecular weight excluding hydrogens is 154 g/mol. The minimum Gasteiger partial charge on any atom is -0.391 e. The van der Waals surface area contributed by atoms with Gasteiger partial charge in [0.05, 0.1) is 0 Å². The van der Waals surface area contributed by atoms with Crippen molar-refractivity contribution >= 4 is 11.5 Å². The smallest absolute Gasteiger partial charge is 0.177 e. The Morgan fingerprint density at radius 1 is 1.50 bits per heavy atom. The largest absolute Gasteiger partial charge is 0.391 e. The quantitative estimate of drug-likeness (QED) is 0.594. The second-order valence-electron chi connectivity index (χ2n) is 3.57. The minimum absolute atomic E-state index is 0.0735. The summed E-state index contributed by atoms with van der Waals surface area (Å²) in [4.78, 5) is 16.3. The molecule has 12 heavy (non-hydrogen) atoms. The summed E-state index contributed by atoms with van der Waals surface area (Å²) in [6, 6.07) is 0. The van der Waals surface area contributed by atoms with E-state index in [-0.39, 0.29) is 11.9 Å². The van der Waals surface area contributed by atoms with Crippen LogP contribution < -0.4 is 0 Å². The molecule has 2 atom stereocenters. The maximum absolute atomic E-state index is 11.1. The molecule has 0 saturated heterocycles. The zero-order chi connectivity index (χ0) is 8.55. The van der Waals surface area contributed by atoms with Crippen LogP contribution in [0, 0.1) is 5.92 Å². The lowest BCUT2D eigenvalue weighted by Gasteiger charge is -2.22. The van der Waals surface area contributed by atoms with Crippen molar-refractivity contribution in [2.24, 2.45) is 11.1 Å². The van der Waals surface area contributed by atoms with E-state index in [1.54, 1.807) is 6.92 Å². The summed E-state index contributed by atoms with van der Waals surface area (Å²) in [6.45, 7) is 1.57. The molecule has 0 radical (unpaired) electrons. The van der Waals surface area contributed by atoms with Crippen molar-refractivity contribution in [2.75, 3.05) is 0 Å². The molecule has 0 spiro atoms. The monoisotopic (exact) mass is 167 g/mol. The average Bonchev–Trinajstić information content (AvgIpc) is 2.47. The number of carbonyl (C=O) groups excluding carboxylic acids is 1. The Kier molecular flexibility index (Phi) is 1.87. The highest BCUT2D eigenvalue weighted by Crippen LogP contribution is 2.32. The van der Waals surface area contributed by atoms with Gasteiger partial charge in [-0.25, -0.2) is 0 Å². The number of nitrogens with zero attached hydrogens (tertiary/aromatic N) is 1. The van der Waals surface area contributed by atoms with Crippen LogP contribution in [-0.2, 0) is 9.63 Å². The Morgan fingerprint density at radius 3 is 3.00 bits per heavy atom. The summed E-state index contributed by atoms with van der Waals surface area (Å²) in [5, 5.41) is 3.85. The van der Waals surface area contributed by atoms with Crippen LogP contribution in [0.1, 0.15) is 32.6 Å². The third-order valence-electron chi connectivity index (χ3n) is 2.70. The molecule has 0 aromatic heterocycles. The van der Waals surface area contributed by atoms with Gasteiger partial charge in [0, 0.05) is 12.8 Å². The fourth-order valence-electron chi connectivity index (χ4n) is 2.05. The first-order chi connectivity index (χ1) is 5.79. The molecule has 1 saturated carbocycles. The van der Waals surface area contributed by atoms with Gasteiger partial charge in [0.2, 0.25) is 0 Å². The van der Waals surface area contributed by atoms with Crippen molar-refractivity contribution < 1.29 is 9.63 Å². The SMILES string of the molecule is CC(=O)C1=NOC2CCCCC12. The zero-order valence-corrected chi connectivity index (χ0v) is 7.25. The van der Waals surface area contributed by atoms with Gasteiger partial charge in [-0.05, 0) is 19.3 Å². The standard InChI is InChI=1S/C9H13NO2/c1-6(11)9-7-4-2-3-5-8(7)12-10-9/h7-8H,2-5H2,1H3. The Morgan fingerprint density at radius 2 is 2.25 bits per heavy atom. The van der Waals surface area contributed by atoms with Gasteiger partial charge in [0.25, 0.3) is 0 Å². The molecule has 0 aromatic carbocycles. The van der Waals surface area contributed by atoms with Gasteiger partial charge < -0.3 is 4.84 Å². The molecule has 0 aromatic rings. The van der Waals surface area contributed by atoms with Gasteiger partial charge in [-0.15, -0.1) is 0 Å².